The molecule has 4 heteroatoms. The van der Waals surface area contributed by atoms with E-state index in [1.54, 1.807) is 0 Å². The monoisotopic (exact) mass is 295 g/mol. The van der Waals surface area contributed by atoms with Crippen LogP contribution in [-0.4, -0.2) is 15.6 Å². The molecule has 1 aromatic heterocycles. The number of fused-ring (bicyclic) bond motifs is 1. The number of carboxylic acids is 1. The third-order valence-electron chi connectivity index (χ3n) is 3.14. The molecule has 17 heavy (non-hydrogen) atoms. The van der Waals surface area contributed by atoms with Gasteiger partial charge in [0.1, 0.15) is 0 Å². The smallest absolute Gasteiger partial charge is 0.303 e. The number of aliphatic carboxylic acids is 1. The summed E-state index contributed by atoms with van der Waals surface area (Å²) in [5, 5.41) is 9.94. The van der Waals surface area contributed by atoms with Crippen LogP contribution in [0, 0.1) is 6.92 Å². The molecule has 0 unspecified atom stereocenters. The molecule has 0 saturated carbocycles. The lowest BCUT2D eigenvalue weighted by atomic mass is 10.1. The number of benzene rings is 1. The Bertz CT molecular complexity index is 587. The van der Waals surface area contributed by atoms with E-state index in [2.05, 4.69) is 32.6 Å². The number of carboxylic acid groups (broad SMARTS) is 1. The van der Waals surface area contributed by atoms with Crippen molar-refractivity contribution in [2.24, 2.45) is 7.05 Å². The van der Waals surface area contributed by atoms with Gasteiger partial charge in [-0.05, 0) is 37.1 Å². The van der Waals surface area contributed by atoms with Crippen LogP contribution in [0.4, 0.5) is 0 Å². The molecule has 0 aliphatic heterocycles. The fourth-order valence-corrected chi connectivity index (χ4v) is 2.60. The molecule has 0 atom stereocenters. The van der Waals surface area contributed by atoms with Crippen molar-refractivity contribution in [1.82, 2.24) is 4.57 Å². The molecule has 0 fully saturated rings. The van der Waals surface area contributed by atoms with Crippen LogP contribution in [0.5, 0.6) is 0 Å². The Morgan fingerprint density at radius 2 is 2.18 bits per heavy atom. The second-order valence-electron chi connectivity index (χ2n) is 4.19. The molecule has 0 amide bonds. The lowest BCUT2D eigenvalue weighted by Crippen LogP contribution is -2.03. The van der Waals surface area contributed by atoms with Crippen LogP contribution in [0.2, 0.25) is 0 Å². The van der Waals surface area contributed by atoms with Gasteiger partial charge in [-0.3, -0.25) is 4.79 Å². The summed E-state index contributed by atoms with van der Waals surface area (Å²) in [5.74, 6) is -0.754. The van der Waals surface area contributed by atoms with Crippen LogP contribution >= 0.6 is 15.9 Å². The van der Waals surface area contributed by atoms with Gasteiger partial charge >= 0.3 is 5.97 Å². The summed E-state index contributed by atoms with van der Waals surface area (Å²) < 4.78 is 3.13. The first-order valence-corrected chi connectivity index (χ1v) is 6.25. The second kappa shape index (κ2) is 4.53. The van der Waals surface area contributed by atoms with E-state index in [1.165, 1.54) is 10.9 Å². The van der Waals surface area contributed by atoms with Gasteiger partial charge in [0, 0.05) is 28.1 Å². The summed E-state index contributed by atoms with van der Waals surface area (Å²) in [7, 11) is 1.99. The molecule has 2 rings (SSSR count). The van der Waals surface area contributed by atoms with Gasteiger partial charge in [-0.1, -0.05) is 15.9 Å². The molecule has 90 valence electrons. The second-order valence-corrected chi connectivity index (χ2v) is 5.10. The molecule has 0 saturated heterocycles. The molecule has 1 aromatic carbocycles. The zero-order chi connectivity index (χ0) is 12.6. The van der Waals surface area contributed by atoms with E-state index in [-0.39, 0.29) is 6.42 Å². The van der Waals surface area contributed by atoms with Crippen molar-refractivity contribution in [3.05, 3.63) is 33.9 Å². The SMILES string of the molecule is Cc1c(CCC(=O)O)n(C)c2ccc(Br)cc12. The maximum absolute atomic E-state index is 10.6. The zero-order valence-corrected chi connectivity index (χ0v) is 11.4. The number of hydrogen-bond donors (Lipinski definition) is 1. The third-order valence-corrected chi connectivity index (χ3v) is 3.63. The number of aryl methyl sites for hydroxylation is 2. The first-order valence-electron chi connectivity index (χ1n) is 5.46. The van der Waals surface area contributed by atoms with Crippen molar-refractivity contribution in [2.45, 2.75) is 19.8 Å². The highest BCUT2D eigenvalue weighted by Gasteiger charge is 2.12. The third kappa shape index (κ3) is 2.22. The normalized spacial score (nSPS) is 11.0. The minimum absolute atomic E-state index is 0.173. The van der Waals surface area contributed by atoms with Crippen LogP contribution in [0.15, 0.2) is 22.7 Å². The van der Waals surface area contributed by atoms with Gasteiger partial charge in [0.05, 0.1) is 6.42 Å². The summed E-state index contributed by atoms with van der Waals surface area (Å²) in [4.78, 5) is 10.6. The van der Waals surface area contributed by atoms with Crippen molar-refractivity contribution in [3.8, 4) is 0 Å². The molecular formula is C13H14BrNO2. The molecule has 0 aliphatic carbocycles. The van der Waals surface area contributed by atoms with Gasteiger partial charge < -0.3 is 9.67 Å². The lowest BCUT2D eigenvalue weighted by Gasteiger charge is -2.03. The van der Waals surface area contributed by atoms with E-state index in [4.69, 9.17) is 5.11 Å². The first kappa shape index (κ1) is 12.2. The molecule has 0 spiro atoms. The van der Waals surface area contributed by atoms with Crippen molar-refractivity contribution in [2.75, 3.05) is 0 Å². The Morgan fingerprint density at radius 3 is 2.82 bits per heavy atom. The zero-order valence-electron chi connectivity index (χ0n) is 9.83. The fourth-order valence-electron chi connectivity index (χ4n) is 2.23. The average molecular weight is 296 g/mol. The van der Waals surface area contributed by atoms with Gasteiger partial charge in [-0.25, -0.2) is 0 Å². The van der Waals surface area contributed by atoms with E-state index in [0.29, 0.717) is 6.42 Å². The van der Waals surface area contributed by atoms with Crippen LogP contribution in [0.3, 0.4) is 0 Å². The summed E-state index contributed by atoms with van der Waals surface area (Å²) in [5.41, 5.74) is 3.41. The molecule has 2 aromatic rings. The molecule has 1 N–H and O–H groups in total. The molecule has 0 radical (unpaired) electrons. The highest BCUT2D eigenvalue weighted by molar-refractivity contribution is 9.10. The number of carbonyl (C=O) groups is 1. The van der Waals surface area contributed by atoms with Crippen LogP contribution in [0.1, 0.15) is 17.7 Å². The Balaban J connectivity index is 2.52. The Morgan fingerprint density at radius 1 is 1.47 bits per heavy atom. The minimum Gasteiger partial charge on any atom is -0.481 e. The molecule has 0 bridgehead atoms. The predicted octanol–water partition coefficient (Wildman–Crippen LogP) is 3.27. The predicted molar refractivity (Wildman–Crippen MR) is 71.3 cm³/mol. The maximum Gasteiger partial charge on any atom is 0.303 e. The quantitative estimate of drug-likeness (QED) is 0.944. The molecule has 0 aliphatic rings. The molecule has 1 heterocycles. The van der Waals surface area contributed by atoms with E-state index in [1.807, 2.05) is 20.0 Å². The topological polar surface area (TPSA) is 42.2 Å². The van der Waals surface area contributed by atoms with Crippen molar-refractivity contribution in [1.29, 1.82) is 0 Å². The lowest BCUT2D eigenvalue weighted by molar-refractivity contribution is -0.136. The molecule has 3 nitrogen and oxygen atoms in total. The van der Waals surface area contributed by atoms with E-state index in [0.717, 1.165) is 15.7 Å². The average Bonchev–Trinajstić information content (AvgIpc) is 2.49. The first-order chi connectivity index (χ1) is 8.00. The standard InChI is InChI=1S/C13H14BrNO2/c1-8-10-7-9(14)3-4-12(10)15(2)11(8)5-6-13(16)17/h3-4,7H,5-6H2,1-2H3,(H,16,17). The highest BCUT2D eigenvalue weighted by atomic mass is 79.9. The van der Waals surface area contributed by atoms with Gasteiger partial charge in [0.25, 0.3) is 0 Å². The van der Waals surface area contributed by atoms with E-state index in [9.17, 15) is 4.79 Å². The number of nitrogens with zero attached hydrogens (tertiary/aromatic N) is 1. The largest absolute Gasteiger partial charge is 0.481 e. The number of hydrogen-bond acceptors (Lipinski definition) is 1. The number of aromatic nitrogens is 1. The molecular weight excluding hydrogens is 282 g/mol. The highest BCUT2D eigenvalue weighted by Crippen LogP contribution is 2.28. The Labute approximate surface area is 108 Å². The Kier molecular flexibility index (Phi) is 3.24. The van der Waals surface area contributed by atoms with Gasteiger partial charge in [0.15, 0.2) is 0 Å². The summed E-state index contributed by atoms with van der Waals surface area (Å²) in [6, 6.07) is 6.13. The maximum atomic E-state index is 10.6. The van der Waals surface area contributed by atoms with Crippen LogP contribution in [-0.2, 0) is 18.3 Å². The Hall–Kier alpha value is -1.29. The van der Waals surface area contributed by atoms with Gasteiger partial charge in [-0.15, -0.1) is 0 Å². The van der Waals surface area contributed by atoms with Crippen molar-refractivity contribution in [3.63, 3.8) is 0 Å². The number of halogens is 1. The van der Waals surface area contributed by atoms with Gasteiger partial charge in [0.2, 0.25) is 0 Å². The van der Waals surface area contributed by atoms with E-state index >= 15 is 0 Å². The van der Waals surface area contributed by atoms with E-state index < -0.39 is 5.97 Å². The van der Waals surface area contributed by atoms with Crippen LogP contribution < -0.4 is 0 Å². The van der Waals surface area contributed by atoms with Crippen molar-refractivity contribution < 1.29 is 9.90 Å². The summed E-state index contributed by atoms with van der Waals surface area (Å²) >= 11 is 3.46. The van der Waals surface area contributed by atoms with Crippen LogP contribution in [0.25, 0.3) is 10.9 Å². The summed E-state index contributed by atoms with van der Waals surface area (Å²) in [6.45, 7) is 2.05. The van der Waals surface area contributed by atoms with Crippen molar-refractivity contribution >= 4 is 32.8 Å². The fraction of sp³-hybridized carbons (Fsp3) is 0.308. The summed E-state index contributed by atoms with van der Waals surface area (Å²) in [6.07, 6.45) is 0.746. The minimum atomic E-state index is -0.754. The van der Waals surface area contributed by atoms with Gasteiger partial charge in [-0.2, -0.15) is 0 Å². The number of rotatable bonds is 3.